The Morgan fingerprint density at radius 3 is 2.48 bits per heavy atom. The summed E-state index contributed by atoms with van der Waals surface area (Å²) in [6.45, 7) is 4.67. The summed E-state index contributed by atoms with van der Waals surface area (Å²) in [5.74, 6) is 0.600. The van der Waals surface area contributed by atoms with Gasteiger partial charge in [0.05, 0.1) is 0 Å². The number of carbonyl (C=O) groups is 1. The smallest absolute Gasteiger partial charge is 0.322 e. The zero-order valence-electron chi connectivity index (χ0n) is 14.6. The van der Waals surface area contributed by atoms with Crippen molar-refractivity contribution in [2.45, 2.75) is 32.9 Å². The standard InChI is InChI=1S/C20H23N3O2/c1-3-16(2)23(15-17-7-5-4-6-8-17)20(24)22-18-9-11-19(12-10-18)25-14-13-21/h4-12,16H,3,14-15H2,1-2H3,(H,22,24)/t16-/m0/s1. The Balaban J connectivity index is 2.05. The van der Waals surface area contributed by atoms with Crippen molar-refractivity contribution in [1.29, 1.82) is 5.26 Å². The number of nitrogens with one attached hydrogen (secondary N) is 1. The van der Waals surface area contributed by atoms with Gasteiger partial charge in [-0.1, -0.05) is 37.3 Å². The first-order valence-corrected chi connectivity index (χ1v) is 8.35. The molecule has 1 N–H and O–H groups in total. The van der Waals surface area contributed by atoms with E-state index in [2.05, 4.69) is 12.2 Å². The summed E-state index contributed by atoms with van der Waals surface area (Å²) in [5, 5.41) is 11.4. The number of nitrogens with zero attached hydrogens (tertiary/aromatic N) is 2. The van der Waals surface area contributed by atoms with E-state index in [1.807, 2.05) is 48.2 Å². The number of amides is 2. The van der Waals surface area contributed by atoms with Gasteiger partial charge in [-0.05, 0) is 43.2 Å². The summed E-state index contributed by atoms with van der Waals surface area (Å²) < 4.78 is 5.21. The number of nitriles is 1. The predicted molar refractivity (Wildman–Crippen MR) is 98.3 cm³/mol. The predicted octanol–water partition coefficient (Wildman–Crippen LogP) is 4.42. The summed E-state index contributed by atoms with van der Waals surface area (Å²) in [6.07, 6.45) is 0.876. The van der Waals surface area contributed by atoms with E-state index in [9.17, 15) is 4.79 Å². The number of urea groups is 1. The monoisotopic (exact) mass is 337 g/mol. The number of rotatable bonds is 7. The number of hydrogen-bond donors (Lipinski definition) is 1. The van der Waals surface area contributed by atoms with Crippen molar-refractivity contribution in [3.63, 3.8) is 0 Å². The number of benzene rings is 2. The molecule has 0 aromatic heterocycles. The molecular formula is C20H23N3O2. The van der Waals surface area contributed by atoms with Gasteiger partial charge in [-0.15, -0.1) is 0 Å². The average Bonchev–Trinajstić information content (AvgIpc) is 2.65. The largest absolute Gasteiger partial charge is 0.479 e. The van der Waals surface area contributed by atoms with Crippen LogP contribution >= 0.6 is 0 Å². The maximum absolute atomic E-state index is 12.7. The number of hydrogen-bond acceptors (Lipinski definition) is 3. The normalized spacial score (nSPS) is 11.2. The molecule has 0 bridgehead atoms. The van der Waals surface area contributed by atoms with Gasteiger partial charge < -0.3 is 15.0 Å². The Kier molecular flexibility index (Phi) is 6.85. The van der Waals surface area contributed by atoms with Crippen molar-refractivity contribution in [2.24, 2.45) is 0 Å². The van der Waals surface area contributed by atoms with Crippen LogP contribution in [0.3, 0.4) is 0 Å². The van der Waals surface area contributed by atoms with Crippen molar-refractivity contribution in [2.75, 3.05) is 11.9 Å². The molecule has 5 heteroatoms. The van der Waals surface area contributed by atoms with Crippen LogP contribution in [0, 0.1) is 11.3 Å². The van der Waals surface area contributed by atoms with Gasteiger partial charge in [0.1, 0.15) is 11.8 Å². The average molecular weight is 337 g/mol. The second-order valence-corrected chi connectivity index (χ2v) is 5.77. The van der Waals surface area contributed by atoms with Crippen LogP contribution in [0.2, 0.25) is 0 Å². The molecule has 0 fully saturated rings. The minimum atomic E-state index is -0.135. The summed E-state index contributed by atoms with van der Waals surface area (Å²) in [7, 11) is 0. The molecular weight excluding hydrogens is 314 g/mol. The fourth-order valence-corrected chi connectivity index (χ4v) is 2.37. The number of anilines is 1. The molecule has 2 rings (SSSR count). The molecule has 0 spiro atoms. The van der Waals surface area contributed by atoms with Gasteiger partial charge in [-0.2, -0.15) is 5.26 Å². The SMILES string of the molecule is CC[C@H](C)N(Cc1ccccc1)C(=O)Nc1ccc(OCC#N)cc1. The molecule has 2 amide bonds. The summed E-state index contributed by atoms with van der Waals surface area (Å²) in [4.78, 5) is 14.5. The highest BCUT2D eigenvalue weighted by atomic mass is 16.5. The van der Waals surface area contributed by atoms with Crippen molar-refractivity contribution >= 4 is 11.7 Å². The Labute approximate surface area is 148 Å². The number of carbonyl (C=O) groups excluding carboxylic acids is 1. The zero-order valence-corrected chi connectivity index (χ0v) is 14.6. The molecule has 1 atom stereocenters. The second kappa shape index (κ2) is 9.33. The molecule has 2 aromatic carbocycles. The molecule has 0 heterocycles. The lowest BCUT2D eigenvalue weighted by molar-refractivity contribution is 0.187. The van der Waals surface area contributed by atoms with E-state index < -0.39 is 0 Å². The first-order chi connectivity index (χ1) is 12.1. The van der Waals surface area contributed by atoms with Gasteiger partial charge in [0.2, 0.25) is 0 Å². The van der Waals surface area contributed by atoms with E-state index in [1.54, 1.807) is 24.3 Å². The Morgan fingerprint density at radius 2 is 1.88 bits per heavy atom. The van der Waals surface area contributed by atoms with Gasteiger partial charge in [0.15, 0.2) is 6.61 Å². The first kappa shape index (κ1) is 18.3. The lowest BCUT2D eigenvalue weighted by Crippen LogP contribution is -2.40. The molecule has 5 nitrogen and oxygen atoms in total. The van der Waals surface area contributed by atoms with Crippen molar-refractivity contribution in [3.8, 4) is 11.8 Å². The van der Waals surface area contributed by atoms with Gasteiger partial charge in [-0.25, -0.2) is 4.79 Å². The van der Waals surface area contributed by atoms with Crippen LogP contribution < -0.4 is 10.1 Å². The van der Waals surface area contributed by atoms with Crippen LogP contribution in [0.25, 0.3) is 0 Å². The van der Waals surface area contributed by atoms with Gasteiger partial charge in [0, 0.05) is 18.3 Å². The van der Waals surface area contributed by atoms with E-state index in [0.717, 1.165) is 12.0 Å². The zero-order chi connectivity index (χ0) is 18.1. The highest BCUT2D eigenvalue weighted by Crippen LogP contribution is 2.18. The molecule has 130 valence electrons. The fraction of sp³-hybridized carbons (Fsp3) is 0.300. The second-order valence-electron chi connectivity index (χ2n) is 5.77. The third-order valence-corrected chi connectivity index (χ3v) is 3.99. The van der Waals surface area contributed by atoms with Crippen molar-refractivity contribution in [1.82, 2.24) is 4.90 Å². The van der Waals surface area contributed by atoms with Crippen molar-refractivity contribution in [3.05, 3.63) is 60.2 Å². The fourth-order valence-electron chi connectivity index (χ4n) is 2.37. The molecule has 0 aliphatic carbocycles. The van der Waals surface area contributed by atoms with E-state index in [0.29, 0.717) is 18.0 Å². The third-order valence-electron chi connectivity index (χ3n) is 3.99. The highest BCUT2D eigenvalue weighted by molar-refractivity contribution is 5.89. The molecule has 0 saturated heterocycles. The lowest BCUT2D eigenvalue weighted by Gasteiger charge is -2.29. The minimum absolute atomic E-state index is 0.00454. The van der Waals surface area contributed by atoms with E-state index in [1.165, 1.54) is 0 Å². The summed E-state index contributed by atoms with van der Waals surface area (Å²) in [6, 6.07) is 18.9. The van der Waals surface area contributed by atoms with Crippen LogP contribution in [-0.2, 0) is 6.54 Å². The van der Waals surface area contributed by atoms with E-state index >= 15 is 0 Å². The molecule has 25 heavy (non-hydrogen) atoms. The maximum atomic E-state index is 12.7. The summed E-state index contributed by atoms with van der Waals surface area (Å²) in [5.41, 5.74) is 1.79. The molecule has 0 aliphatic rings. The summed E-state index contributed by atoms with van der Waals surface area (Å²) >= 11 is 0. The van der Waals surface area contributed by atoms with Crippen LogP contribution in [-0.4, -0.2) is 23.6 Å². The van der Waals surface area contributed by atoms with Crippen LogP contribution in [0.4, 0.5) is 10.5 Å². The minimum Gasteiger partial charge on any atom is -0.479 e. The first-order valence-electron chi connectivity index (χ1n) is 8.35. The van der Waals surface area contributed by atoms with E-state index in [-0.39, 0.29) is 18.7 Å². The van der Waals surface area contributed by atoms with Gasteiger partial charge >= 0.3 is 6.03 Å². The molecule has 0 saturated carbocycles. The third kappa shape index (κ3) is 5.54. The molecule has 0 radical (unpaired) electrons. The van der Waals surface area contributed by atoms with Crippen LogP contribution in [0.1, 0.15) is 25.8 Å². The lowest BCUT2D eigenvalue weighted by atomic mass is 10.1. The highest BCUT2D eigenvalue weighted by Gasteiger charge is 2.19. The van der Waals surface area contributed by atoms with Gasteiger partial charge in [-0.3, -0.25) is 0 Å². The Hall–Kier alpha value is -3.00. The Morgan fingerprint density at radius 1 is 1.20 bits per heavy atom. The Bertz CT molecular complexity index is 708. The van der Waals surface area contributed by atoms with Crippen LogP contribution in [0.15, 0.2) is 54.6 Å². The molecule has 2 aromatic rings. The van der Waals surface area contributed by atoms with E-state index in [4.69, 9.17) is 10.00 Å². The van der Waals surface area contributed by atoms with Gasteiger partial charge in [0.25, 0.3) is 0 Å². The quantitative estimate of drug-likeness (QED) is 0.813. The maximum Gasteiger partial charge on any atom is 0.322 e. The molecule has 0 unspecified atom stereocenters. The number of ether oxygens (including phenoxy) is 1. The van der Waals surface area contributed by atoms with Crippen LogP contribution in [0.5, 0.6) is 5.75 Å². The molecule has 0 aliphatic heterocycles. The topological polar surface area (TPSA) is 65.4 Å². The van der Waals surface area contributed by atoms with Crippen molar-refractivity contribution < 1.29 is 9.53 Å².